The summed E-state index contributed by atoms with van der Waals surface area (Å²) in [7, 11) is 3.01. The molecule has 1 amide bonds. The second kappa shape index (κ2) is 5.63. The Balaban J connectivity index is 1.87. The van der Waals surface area contributed by atoms with Gasteiger partial charge in [0.15, 0.2) is 0 Å². The lowest BCUT2D eigenvalue weighted by Gasteiger charge is -2.17. The average Bonchev–Trinajstić information content (AvgIpc) is 2.96. The molecule has 0 bridgehead atoms. The van der Waals surface area contributed by atoms with Crippen LogP contribution in [0, 0.1) is 6.92 Å². The fraction of sp³-hybridized carbons (Fsp3) is 0.312. The topological polar surface area (TPSA) is 64.5 Å². The number of carbonyl (C=O) groups excluding carboxylic acids is 1. The number of pyridine rings is 2. The summed E-state index contributed by atoms with van der Waals surface area (Å²) in [6, 6.07) is 5.36. The van der Waals surface area contributed by atoms with E-state index < -0.39 is 0 Å². The van der Waals surface area contributed by atoms with Crippen LogP contribution in [0.25, 0.3) is 0 Å². The zero-order valence-electron chi connectivity index (χ0n) is 12.8. The van der Waals surface area contributed by atoms with Crippen molar-refractivity contribution < 1.29 is 14.3 Å². The van der Waals surface area contributed by atoms with Crippen LogP contribution >= 0.6 is 0 Å². The number of hydrogen-bond acceptors (Lipinski definition) is 5. The third-order valence-corrected chi connectivity index (χ3v) is 3.70. The van der Waals surface area contributed by atoms with E-state index in [-0.39, 0.29) is 11.8 Å². The third kappa shape index (κ3) is 2.47. The lowest BCUT2D eigenvalue weighted by atomic mass is 10.2. The van der Waals surface area contributed by atoms with Gasteiger partial charge in [0.25, 0.3) is 5.91 Å². The smallest absolute Gasteiger partial charge is 0.259 e. The zero-order valence-corrected chi connectivity index (χ0v) is 12.8. The highest BCUT2D eigenvalue weighted by molar-refractivity contribution is 5.96. The number of carbonyl (C=O) groups is 1. The quantitative estimate of drug-likeness (QED) is 0.867. The molecule has 3 rings (SSSR count). The van der Waals surface area contributed by atoms with Crippen LogP contribution < -0.4 is 9.47 Å². The summed E-state index contributed by atoms with van der Waals surface area (Å²) in [5, 5.41) is 0. The lowest BCUT2D eigenvalue weighted by Crippen LogP contribution is -2.26. The fourth-order valence-corrected chi connectivity index (χ4v) is 2.57. The summed E-state index contributed by atoms with van der Waals surface area (Å²) in [5.41, 5.74) is 3.61. The predicted molar refractivity (Wildman–Crippen MR) is 79.9 cm³/mol. The maximum absolute atomic E-state index is 12.7. The van der Waals surface area contributed by atoms with Crippen LogP contribution in [0.2, 0.25) is 0 Å². The summed E-state index contributed by atoms with van der Waals surface area (Å²) >= 11 is 0. The summed E-state index contributed by atoms with van der Waals surface area (Å²) in [6.45, 7) is 3.07. The molecule has 0 atom stereocenters. The minimum absolute atomic E-state index is 0.110. The summed E-state index contributed by atoms with van der Waals surface area (Å²) < 4.78 is 10.3. The van der Waals surface area contributed by atoms with E-state index in [0.717, 1.165) is 16.8 Å². The molecule has 0 spiro atoms. The minimum Gasteiger partial charge on any atom is -0.481 e. The third-order valence-electron chi connectivity index (χ3n) is 3.70. The van der Waals surface area contributed by atoms with Crippen molar-refractivity contribution >= 4 is 5.91 Å². The molecule has 0 saturated carbocycles. The molecule has 2 aromatic heterocycles. The van der Waals surface area contributed by atoms with Crippen molar-refractivity contribution in [1.29, 1.82) is 0 Å². The van der Waals surface area contributed by atoms with Gasteiger partial charge < -0.3 is 14.4 Å². The van der Waals surface area contributed by atoms with E-state index in [1.807, 2.05) is 19.2 Å². The fourth-order valence-electron chi connectivity index (χ4n) is 2.57. The van der Waals surface area contributed by atoms with Gasteiger partial charge in [-0.15, -0.1) is 0 Å². The van der Waals surface area contributed by atoms with Crippen molar-refractivity contribution in [2.75, 3.05) is 14.2 Å². The number of aryl methyl sites for hydroxylation is 1. The summed E-state index contributed by atoms with van der Waals surface area (Å²) in [4.78, 5) is 22.9. The molecular weight excluding hydrogens is 282 g/mol. The first kappa shape index (κ1) is 14.3. The molecule has 114 valence electrons. The Bertz CT molecular complexity index is 731. The Labute approximate surface area is 128 Å². The van der Waals surface area contributed by atoms with E-state index in [2.05, 4.69) is 9.97 Å². The van der Waals surface area contributed by atoms with Crippen LogP contribution in [0.5, 0.6) is 11.8 Å². The number of methoxy groups -OCH3 is 2. The maximum atomic E-state index is 12.7. The average molecular weight is 299 g/mol. The maximum Gasteiger partial charge on any atom is 0.259 e. The number of nitrogens with zero attached hydrogens (tertiary/aromatic N) is 3. The van der Waals surface area contributed by atoms with Crippen molar-refractivity contribution in [3.63, 3.8) is 0 Å². The van der Waals surface area contributed by atoms with E-state index in [9.17, 15) is 4.79 Å². The van der Waals surface area contributed by atoms with E-state index in [1.54, 1.807) is 17.0 Å². The highest BCUT2D eigenvalue weighted by Gasteiger charge is 2.27. The summed E-state index contributed by atoms with van der Waals surface area (Å²) in [5.74, 6) is 0.577. The first-order chi connectivity index (χ1) is 10.6. The minimum atomic E-state index is -0.110. The molecule has 0 saturated heterocycles. The Morgan fingerprint density at radius 2 is 1.95 bits per heavy atom. The van der Waals surface area contributed by atoms with Crippen LogP contribution in [0.15, 0.2) is 24.4 Å². The monoisotopic (exact) mass is 299 g/mol. The SMILES string of the molecule is COc1ccc(C(=O)N2Cc3cnc(C)cc3C2)c(OC)n1. The van der Waals surface area contributed by atoms with Gasteiger partial charge >= 0.3 is 0 Å². The van der Waals surface area contributed by atoms with Crippen molar-refractivity contribution in [2.45, 2.75) is 20.0 Å². The molecule has 22 heavy (non-hydrogen) atoms. The van der Waals surface area contributed by atoms with Gasteiger partial charge in [0.1, 0.15) is 5.56 Å². The molecule has 2 aromatic rings. The second-order valence-corrected chi connectivity index (χ2v) is 5.17. The number of amides is 1. The molecule has 0 fully saturated rings. The van der Waals surface area contributed by atoms with Crippen LogP contribution in [0.1, 0.15) is 27.2 Å². The van der Waals surface area contributed by atoms with Gasteiger partial charge in [-0.1, -0.05) is 0 Å². The Kier molecular flexibility index (Phi) is 3.66. The summed E-state index contributed by atoms with van der Waals surface area (Å²) in [6.07, 6.45) is 1.83. The van der Waals surface area contributed by atoms with Gasteiger partial charge in [0, 0.05) is 31.0 Å². The standard InChI is InChI=1S/C16H17N3O3/c1-10-6-11-8-19(9-12(11)7-17-10)16(20)13-4-5-14(21-2)18-15(13)22-3/h4-7H,8-9H2,1-3H3. The van der Waals surface area contributed by atoms with Gasteiger partial charge in [-0.25, -0.2) is 0 Å². The van der Waals surface area contributed by atoms with Gasteiger partial charge in [-0.05, 0) is 30.2 Å². The first-order valence-corrected chi connectivity index (χ1v) is 6.95. The number of rotatable bonds is 3. The lowest BCUT2D eigenvalue weighted by molar-refractivity contribution is 0.0747. The molecule has 0 radical (unpaired) electrons. The Hall–Kier alpha value is -2.63. The van der Waals surface area contributed by atoms with Crippen molar-refractivity contribution in [3.8, 4) is 11.8 Å². The van der Waals surface area contributed by atoms with Crippen LogP contribution in [0.4, 0.5) is 0 Å². The number of ether oxygens (including phenoxy) is 2. The van der Waals surface area contributed by atoms with Gasteiger partial charge in [-0.2, -0.15) is 4.98 Å². The van der Waals surface area contributed by atoms with Gasteiger partial charge in [-0.3, -0.25) is 9.78 Å². The van der Waals surface area contributed by atoms with E-state index in [4.69, 9.17) is 9.47 Å². The van der Waals surface area contributed by atoms with Gasteiger partial charge in [0.05, 0.1) is 14.2 Å². The highest BCUT2D eigenvalue weighted by atomic mass is 16.5. The Morgan fingerprint density at radius 3 is 2.68 bits per heavy atom. The molecule has 1 aliphatic heterocycles. The Morgan fingerprint density at radius 1 is 1.18 bits per heavy atom. The number of hydrogen-bond donors (Lipinski definition) is 0. The molecule has 0 aromatic carbocycles. The number of fused-ring (bicyclic) bond motifs is 1. The van der Waals surface area contributed by atoms with Crippen molar-refractivity contribution in [2.24, 2.45) is 0 Å². The largest absolute Gasteiger partial charge is 0.481 e. The number of aromatic nitrogens is 2. The second-order valence-electron chi connectivity index (χ2n) is 5.17. The highest BCUT2D eigenvalue weighted by Crippen LogP contribution is 2.27. The molecule has 6 nitrogen and oxygen atoms in total. The molecule has 6 heteroatoms. The van der Waals surface area contributed by atoms with E-state index >= 15 is 0 Å². The molecular formula is C16H17N3O3. The first-order valence-electron chi connectivity index (χ1n) is 6.95. The molecule has 1 aliphatic rings. The molecule has 0 N–H and O–H groups in total. The van der Waals surface area contributed by atoms with Gasteiger partial charge in [0.2, 0.25) is 11.8 Å². The molecule has 0 unspecified atom stereocenters. The zero-order chi connectivity index (χ0) is 15.7. The normalized spacial score (nSPS) is 13.0. The van der Waals surface area contributed by atoms with Crippen LogP contribution in [-0.2, 0) is 13.1 Å². The van der Waals surface area contributed by atoms with E-state index in [0.29, 0.717) is 24.5 Å². The molecule has 3 heterocycles. The molecule has 0 aliphatic carbocycles. The van der Waals surface area contributed by atoms with Crippen molar-refractivity contribution in [3.05, 3.63) is 46.8 Å². The van der Waals surface area contributed by atoms with E-state index in [1.165, 1.54) is 14.2 Å². The van der Waals surface area contributed by atoms with Crippen molar-refractivity contribution in [1.82, 2.24) is 14.9 Å². The van der Waals surface area contributed by atoms with Crippen LogP contribution in [-0.4, -0.2) is 35.0 Å². The van der Waals surface area contributed by atoms with Crippen LogP contribution in [0.3, 0.4) is 0 Å². The predicted octanol–water partition coefficient (Wildman–Crippen LogP) is 1.96.